The van der Waals surface area contributed by atoms with Crippen LogP contribution < -0.4 is 10.1 Å². The first-order valence-electron chi connectivity index (χ1n) is 16.9. The van der Waals surface area contributed by atoms with Crippen molar-refractivity contribution in [1.29, 1.82) is 0 Å². The van der Waals surface area contributed by atoms with Gasteiger partial charge in [-0.2, -0.15) is 0 Å². The molecule has 1 unspecified atom stereocenters. The summed E-state index contributed by atoms with van der Waals surface area (Å²) in [6.45, 7) is 13.9. The summed E-state index contributed by atoms with van der Waals surface area (Å²) in [6, 6.07) is 7.17. The van der Waals surface area contributed by atoms with E-state index in [2.05, 4.69) is 12.2 Å². The van der Waals surface area contributed by atoms with Gasteiger partial charge in [0.15, 0.2) is 0 Å². The Kier molecular flexibility index (Phi) is 29.2. The molecule has 0 spiro atoms. The second-order valence-electron chi connectivity index (χ2n) is 10.4. The number of carbonyl (C=O) groups excluding carboxylic acids is 2. The molecule has 1 amide bonds. The SMILES string of the molecule is CCCCC(CC)C(=O)OCCOCCOCCOCCOCCOCCOCCOCCOCCOc1ccc(NC(C)=O)cc1. The molecule has 13 heteroatoms. The van der Waals surface area contributed by atoms with Crippen LogP contribution in [0.3, 0.4) is 0 Å². The Bertz CT molecular complexity index is 858. The van der Waals surface area contributed by atoms with E-state index in [0.29, 0.717) is 118 Å². The molecule has 13 nitrogen and oxygen atoms in total. The van der Waals surface area contributed by atoms with Gasteiger partial charge < -0.3 is 52.7 Å². The van der Waals surface area contributed by atoms with Gasteiger partial charge >= 0.3 is 5.97 Å². The zero-order valence-corrected chi connectivity index (χ0v) is 28.8. The summed E-state index contributed by atoms with van der Waals surface area (Å²) < 4.78 is 54.7. The summed E-state index contributed by atoms with van der Waals surface area (Å²) in [5, 5.41) is 2.71. The predicted molar refractivity (Wildman–Crippen MR) is 177 cm³/mol. The first-order valence-corrected chi connectivity index (χ1v) is 16.9. The molecule has 1 aromatic carbocycles. The minimum Gasteiger partial charge on any atom is -0.491 e. The summed E-state index contributed by atoms with van der Waals surface area (Å²) in [4.78, 5) is 23.0. The Balaban J connectivity index is 1.71. The lowest BCUT2D eigenvalue weighted by molar-refractivity contribution is -0.150. The Morgan fingerprint density at radius 2 is 0.957 bits per heavy atom. The monoisotopic (exact) mass is 673 g/mol. The van der Waals surface area contributed by atoms with Crippen molar-refractivity contribution in [3.05, 3.63) is 24.3 Å². The summed E-state index contributed by atoms with van der Waals surface area (Å²) in [6.07, 6.45) is 3.82. The average molecular weight is 674 g/mol. The molecule has 272 valence electrons. The van der Waals surface area contributed by atoms with Gasteiger partial charge in [-0.25, -0.2) is 0 Å². The van der Waals surface area contributed by atoms with E-state index in [1.54, 1.807) is 24.3 Å². The number of benzene rings is 1. The fourth-order valence-electron chi connectivity index (χ4n) is 3.96. The van der Waals surface area contributed by atoms with E-state index in [4.69, 9.17) is 47.4 Å². The molecular weight excluding hydrogens is 614 g/mol. The molecule has 0 bridgehead atoms. The average Bonchev–Trinajstić information content (AvgIpc) is 3.06. The molecule has 0 aliphatic carbocycles. The third-order valence-corrected chi connectivity index (χ3v) is 6.48. The van der Waals surface area contributed by atoms with Gasteiger partial charge in [0.25, 0.3) is 0 Å². The van der Waals surface area contributed by atoms with E-state index >= 15 is 0 Å². The number of esters is 1. The molecule has 47 heavy (non-hydrogen) atoms. The molecule has 0 heterocycles. The van der Waals surface area contributed by atoms with E-state index < -0.39 is 0 Å². The minimum atomic E-state index is -0.123. The normalized spacial score (nSPS) is 11.8. The summed E-state index contributed by atoms with van der Waals surface area (Å²) in [7, 11) is 0. The van der Waals surface area contributed by atoms with Gasteiger partial charge in [0.2, 0.25) is 5.91 Å². The van der Waals surface area contributed by atoms with Crippen molar-refractivity contribution in [3.63, 3.8) is 0 Å². The number of unbranched alkanes of at least 4 members (excludes halogenated alkanes) is 1. The number of hydrogen-bond donors (Lipinski definition) is 1. The van der Waals surface area contributed by atoms with Crippen molar-refractivity contribution in [2.45, 2.75) is 46.5 Å². The van der Waals surface area contributed by atoms with Crippen LogP contribution in [0, 0.1) is 5.92 Å². The highest BCUT2D eigenvalue weighted by Gasteiger charge is 2.16. The third-order valence-electron chi connectivity index (χ3n) is 6.48. The Hall–Kier alpha value is -2.36. The molecule has 0 saturated carbocycles. The molecule has 0 aliphatic heterocycles. The van der Waals surface area contributed by atoms with E-state index in [9.17, 15) is 9.59 Å². The maximum absolute atomic E-state index is 12.0. The van der Waals surface area contributed by atoms with Crippen molar-refractivity contribution < 1.29 is 57.0 Å². The number of carbonyl (C=O) groups is 2. The summed E-state index contributed by atoms with van der Waals surface area (Å²) in [5.74, 6) is 0.476. The fraction of sp³-hybridized carbons (Fsp3) is 0.765. The van der Waals surface area contributed by atoms with Crippen LogP contribution >= 0.6 is 0 Å². The van der Waals surface area contributed by atoms with Crippen LogP contribution in [0.15, 0.2) is 24.3 Å². The van der Waals surface area contributed by atoms with Crippen molar-refractivity contribution in [1.82, 2.24) is 0 Å². The molecule has 0 aliphatic rings. The lowest BCUT2D eigenvalue weighted by Crippen LogP contribution is -2.20. The van der Waals surface area contributed by atoms with Gasteiger partial charge in [-0.05, 0) is 37.1 Å². The molecule has 1 atom stereocenters. The van der Waals surface area contributed by atoms with Gasteiger partial charge in [-0.1, -0.05) is 26.7 Å². The van der Waals surface area contributed by atoms with Crippen LogP contribution in [0.2, 0.25) is 0 Å². The van der Waals surface area contributed by atoms with Crippen LogP contribution in [0.25, 0.3) is 0 Å². The molecule has 0 saturated heterocycles. The van der Waals surface area contributed by atoms with Gasteiger partial charge in [0, 0.05) is 12.6 Å². The Morgan fingerprint density at radius 1 is 0.574 bits per heavy atom. The topological polar surface area (TPSA) is 138 Å². The highest BCUT2D eigenvalue weighted by molar-refractivity contribution is 5.88. The van der Waals surface area contributed by atoms with E-state index in [1.807, 2.05) is 6.92 Å². The molecule has 0 radical (unpaired) electrons. The maximum Gasteiger partial charge on any atom is 0.308 e. The van der Waals surface area contributed by atoms with E-state index in [0.717, 1.165) is 31.4 Å². The van der Waals surface area contributed by atoms with E-state index in [-0.39, 0.29) is 24.4 Å². The fourth-order valence-corrected chi connectivity index (χ4v) is 3.96. The standard InChI is InChI=1S/C34H59NO12/c1-4-6-7-31(5-2)34(37)47-29-27-45-25-23-43-21-19-41-17-15-39-13-12-38-14-16-40-18-20-42-22-24-44-26-28-46-33-10-8-32(9-11-33)35-30(3)36/h8-11,31H,4-7,12-29H2,1-3H3,(H,35,36). The van der Waals surface area contributed by atoms with Crippen molar-refractivity contribution in [2.75, 3.05) is 124 Å². The molecule has 1 rings (SSSR count). The van der Waals surface area contributed by atoms with Crippen LogP contribution in [-0.2, 0) is 52.2 Å². The lowest BCUT2D eigenvalue weighted by atomic mass is 10.00. The molecule has 0 fully saturated rings. The zero-order valence-electron chi connectivity index (χ0n) is 28.8. The van der Waals surface area contributed by atoms with Crippen molar-refractivity contribution in [2.24, 2.45) is 5.92 Å². The summed E-state index contributed by atoms with van der Waals surface area (Å²) in [5.41, 5.74) is 0.730. The molecule has 1 aromatic rings. The Labute approximate surface area is 281 Å². The van der Waals surface area contributed by atoms with E-state index in [1.165, 1.54) is 6.92 Å². The summed E-state index contributed by atoms with van der Waals surface area (Å²) >= 11 is 0. The smallest absolute Gasteiger partial charge is 0.308 e. The predicted octanol–water partition coefficient (Wildman–Crippen LogP) is 3.92. The number of hydrogen-bond acceptors (Lipinski definition) is 12. The zero-order chi connectivity index (χ0) is 34.0. The Morgan fingerprint density at radius 3 is 1.32 bits per heavy atom. The van der Waals surface area contributed by atoms with Gasteiger partial charge in [-0.15, -0.1) is 0 Å². The van der Waals surface area contributed by atoms with Crippen LogP contribution in [-0.4, -0.2) is 131 Å². The number of rotatable bonds is 34. The molecular formula is C34H59NO12. The number of anilines is 1. The maximum atomic E-state index is 12.0. The third kappa shape index (κ3) is 27.3. The minimum absolute atomic E-state index is 0.00639. The largest absolute Gasteiger partial charge is 0.491 e. The van der Waals surface area contributed by atoms with Gasteiger partial charge in [-0.3, -0.25) is 9.59 Å². The second-order valence-corrected chi connectivity index (χ2v) is 10.4. The highest BCUT2D eigenvalue weighted by Crippen LogP contribution is 2.16. The molecule has 0 aromatic heterocycles. The first-order chi connectivity index (χ1) is 23.1. The molecule has 1 N–H and O–H groups in total. The highest BCUT2D eigenvalue weighted by atomic mass is 16.6. The van der Waals surface area contributed by atoms with Crippen LogP contribution in [0.5, 0.6) is 5.75 Å². The number of nitrogens with one attached hydrogen (secondary N) is 1. The van der Waals surface area contributed by atoms with Crippen molar-refractivity contribution >= 4 is 17.6 Å². The quantitative estimate of drug-likeness (QED) is 0.0839. The van der Waals surface area contributed by atoms with Crippen molar-refractivity contribution in [3.8, 4) is 5.75 Å². The second kappa shape index (κ2) is 32.2. The van der Waals surface area contributed by atoms with Crippen LogP contribution in [0.1, 0.15) is 46.5 Å². The van der Waals surface area contributed by atoms with Crippen LogP contribution in [0.4, 0.5) is 5.69 Å². The van der Waals surface area contributed by atoms with Gasteiger partial charge in [0.1, 0.15) is 19.0 Å². The van der Waals surface area contributed by atoms with Gasteiger partial charge in [0.05, 0.1) is 112 Å². The number of amides is 1. The first kappa shape index (κ1) is 42.7. The lowest BCUT2D eigenvalue weighted by Gasteiger charge is -2.13. The number of ether oxygens (including phenoxy) is 10.